The fourth-order valence-electron chi connectivity index (χ4n) is 5.31. The summed E-state index contributed by atoms with van der Waals surface area (Å²) in [5.41, 5.74) is 2.65. The molecule has 0 atom stereocenters. The van der Waals surface area contributed by atoms with Gasteiger partial charge in [-0.3, -0.25) is 0 Å². The normalized spacial score (nSPS) is 14.4. The maximum absolute atomic E-state index is 6.47. The zero-order valence-electron chi connectivity index (χ0n) is 28.3. The molecule has 0 N–H and O–H groups in total. The zero-order chi connectivity index (χ0) is 31.3. The lowest BCUT2D eigenvalue weighted by Gasteiger charge is -2.36. The van der Waals surface area contributed by atoms with Crippen LogP contribution in [-0.4, -0.2) is 120 Å². The van der Waals surface area contributed by atoms with Crippen molar-refractivity contribution >= 4 is 23.7 Å². The Morgan fingerprint density at radius 1 is 0.738 bits per heavy atom. The van der Waals surface area contributed by atoms with Crippen molar-refractivity contribution in [3.63, 3.8) is 0 Å². The number of nitrogens with zero attached hydrogens (tertiary/aromatic N) is 3. The largest absolute Gasteiger partial charge is 0.493 e. The molecule has 0 unspecified atom stereocenters. The Kier molecular flexibility index (Phi) is 21.0. The van der Waals surface area contributed by atoms with Crippen molar-refractivity contribution in [3.8, 4) is 0 Å². The molecular formula is C32H63N3O5Si2. The third-order valence-corrected chi connectivity index (χ3v) is 15.3. The second kappa shape index (κ2) is 22.6. The molecule has 1 saturated heterocycles. The molecule has 0 saturated carbocycles. The molecule has 0 bridgehead atoms. The fraction of sp³-hybridized carbons (Fsp3) is 0.750. The lowest BCUT2D eigenvalue weighted by atomic mass is 10.1. The van der Waals surface area contributed by atoms with Gasteiger partial charge in [-0.15, -0.1) is 0 Å². The highest BCUT2D eigenvalue weighted by Crippen LogP contribution is 2.26. The molecule has 10 heteroatoms. The fourth-order valence-corrected chi connectivity index (χ4v) is 11.7. The van der Waals surface area contributed by atoms with Gasteiger partial charge in [0.15, 0.2) is 0 Å². The van der Waals surface area contributed by atoms with Crippen molar-refractivity contribution in [2.75, 3.05) is 87.3 Å². The summed E-state index contributed by atoms with van der Waals surface area (Å²) in [7, 11) is 1.03. The lowest BCUT2D eigenvalue weighted by molar-refractivity contribution is 0.0846. The summed E-state index contributed by atoms with van der Waals surface area (Å²) in [5.74, 6) is 0. The van der Waals surface area contributed by atoms with Gasteiger partial charge in [0.2, 0.25) is 0 Å². The second-order valence-electron chi connectivity index (χ2n) is 10.8. The van der Waals surface area contributed by atoms with Crippen molar-refractivity contribution in [2.24, 2.45) is 0 Å². The quantitative estimate of drug-likeness (QED) is 0.148. The molecule has 0 spiro atoms. The Balaban J connectivity index is 0.000000488. The molecule has 244 valence electrons. The molecule has 1 aromatic carbocycles. The van der Waals surface area contributed by atoms with Gasteiger partial charge in [-0.05, 0) is 95.6 Å². The van der Waals surface area contributed by atoms with E-state index in [1.165, 1.54) is 50.0 Å². The van der Waals surface area contributed by atoms with E-state index in [2.05, 4.69) is 73.2 Å². The molecule has 1 fully saturated rings. The Morgan fingerprint density at radius 2 is 1.17 bits per heavy atom. The van der Waals surface area contributed by atoms with Gasteiger partial charge < -0.3 is 36.5 Å². The summed E-state index contributed by atoms with van der Waals surface area (Å²) in [5, 5.41) is 0. The standard InChI is InChI=1S/C18H44N2O5Si2.C14H19N/c1-9-19(10-2)15-13-17-26(21-5,22-6)25-27(23-7,24-8)18-14-16-20(11-3)12-4;1-2-13-5-7-14(8-6-13)9-12-15-10-3-4-11-15/h9-18H2,1-8H3;2,5-8H,1,3-4,9-12H2. The molecule has 0 amide bonds. The predicted molar refractivity (Wildman–Crippen MR) is 181 cm³/mol. The first-order valence-electron chi connectivity index (χ1n) is 16.1. The number of hydrogen-bond acceptors (Lipinski definition) is 8. The first-order chi connectivity index (χ1) is 20.3. The first-order valence-corrected chi connectivity index (χ1v) is 20.0. The smallest absolute Gasteiger partial charge is 0.377 e. The maximum Gasteiger partial charge on any atom is 0.493 e. The first kappa shape index (κ1) is 39.1. The molecule has 2 rings (SSSR count). The van der Waals surface area contributed by atoms with Gasteiger partial charge in [0.05, 0.1) is 0 Å². The van der Waals surface area contributed by atoms with Gasteiger partial charge in [-0.25, -0.2) is 0 Å². The van der Waals surface area contributed by atoms with Crippen LogP contribution in [0.4, 0.5) is 0 Å². The molecular weight excluding hydrogens is 563 g/mol. The van der Waals surface area contributed by atoms with Crippen molar-refractivity contribution < 1.29 is 21.8 Å². The minimum Gasteiger partial charge on any atom is -0.377 e. The van der Waals surface area contributed by atoms with Crippen LogP contribution in [-0.2, 0) is 28.2 Å². The molecule has 1 heterocycles. The van der Waals surface area contributed by atoms with Crippen molar-refractivity contribution in [3.05, 3.63) is 42.0 Å². The highest BCUT2D eigenvalue weighted by Gasteiger charge is 2.51. The zero-order valence-corrected chi connectivity index (χ0v) is 30.3. The van der Waals surface area contributed by atoms with Crippen LogP contribution in [0.5, 0.6) is 0 Å². The second-order valence-corrected chi connectivity index (χ2v) is 17.0. The van der Waals surface area contributed by atoms with Gasteiger partial charge in [-0.2, -0.15) is 0 Å². The molecule has 42 heavy (non-hydrogen) atoms. The molecule has 0 aromatic heterocycles. The molecule has 8 nitrogen and oxygen atoms in total. The number of benzene rings is 1. The number of hydrogen-bond donors (Lipinski definition) is 0. The van der Waals surface area contributed by atoms with Crippen LogP contribution >= 0.6 is 0 Å². The average Bonchev–Trinajstić information content (AvgIpc) is 3.57. The van der Waals surface area contributed by atoms with E-state index in [0.717, 1.165) is 64.2 Å². The predicted octanol–water partition coefficient (Wildman–Crippen LogP) is 5.90. The van der Waals surface area contributed by atoms with Crippen molar-refractivity contribution in [1.29, 1.82) is 0 Å². The van der Waals surface area contributed by atoms with Gasteiger partial charge in [-0.1, -0.05) is 64.6 Å². The topological polar surface area (TPSA) is 55.9 Å². The van der Waals surface area contributed by atoms with E-state index in [1.807, 2.05) is 6.08 Å². The Labute approximate surface area is 261 Å². The highest BCUT2D eigenvalue weighted by molar-refractivity contribution is 6.75. The molecule has 0 radical (unpaired) electrons. The van der Waals surface area contributed by atoms with Crippen LogP contribution in [0, 0.1) is 0 Å². The minimum absolute atomic E-state index is 0.758. The van der Waals surface area contributed by atoms with Crippen molar-refractivity contribution in [2.45, 2.75) is 71.9 Å². The van der Waals surface area contributed by atoms with Crippen LogP contribution in [0.25, 0.3) is 6.08 Å². The van der Waals surface area contributed by atoms with Gasteiger partial charge in [0, 0.05) is 47.1 Å². The van der Waals surface area contributed by atoms with E-state index in [0.29, 0.717) is 0 Å². The molecule has 1 aliphatic rings. The molecule has 1 aliphatic heterocycles. The van der Waals surface area contributed by atoms with E-state index in [9.17, 15) is 0 Å². The molecule has 0 aliphatic carbocycles. The summed E-state index contributed by atoms with van der Waals surface area (Å²) >= 11 is 0. The molecule has 1 aromatic rings. The summed E-state index contributed by atoms with van der Waals surface area (Å²) < 4.78 is 29.7. The van der Waals surface area contributed by atoms with Gasteiger partial charge in [0.1, 0.15) is 0 Å². The van der Waals surface area contributed by atoms with E-state index in [1.54, 1.807) is 28.4 Å². The average molecular weight is 626 g/mol. The van der Waals surface area contributed by atoms with Crippen LogP contribution in [0.3, 0.4) is 0 Å². The monoisotopic (exact) mass is 625 g/mol. The van der Waals surface area contributed by atoms with E-state index in [4.69, 9.17) is 21.8 Å². The SMILES string of the molecule is C=Cc1ccc(CCN2CCCC2)cc1.CCN(CC)CCC[Si](OC)(OC)O[Si](CCCN(CC)CC)(OC)OC. The van der Waals surface area contributed by atoms with Crippen LogP contribution in [0.2, 0.25) is 12.1 Å². The third kappa shape index (κ3) is 14.2. The highest BCUT2D eigenvalue weighted by atomic mass is 28.5. The summed E-state index contributed by atoms with van der Waals surface area (Å²) in [6.07, 6.45) is 7.77. The van der Waals surface area contributed by atoms with Gasteiger partial charge >= 0.3 is 17.6 Å². The Hall–Kier alpha value is -0.926. The third-order valence-electron chi connectivity index (χ3n) is 8.39. The summed E-state index contributed by atoms with van der Waals surface area (Å²) in [6, 6.07) is 10.2. The number of likely N-dealkylation sites (tertiary alicyclic amines) is 1. The van der Waals surface area contributed by atoms with E-state index >= 15 is 0 Å². The van der Waals surface area contributed by atoms with Crippen LogP contribution in [0.15, 0.2) is 30.8 Å². The summed E-state index contributed by atoms with van der Waals surface area (Å²) in [4.78, 5) is 7.35. The Bertz CT molecular complexity index is 764. The van der Waals surface area contributed by atoms with Crippen LogP contribution < -0.4 is 0 Å². The van der Waals surface area contributed by atoms with E-state index in [-0.39, 0.29) is 0 Å². The summed E-state index contributed by atoms with van der Waals surface area (Å²) in [6.45, 7) is 22.5. The maximum atomic E-state index is 6.47. The van der Waals surface area contributed by atoms with Gasteiger partial charge in [0.25, 0.3) is 0 Å². The lowest BCUT2D eigenvalue weighted by Crippen LogP contribution is -2.57. The number of rotatable bonds is 22. The Morgan fingerprint density at radius 3 is 1.52 bits per heavy atom. The minimum atomic E-state index is -2.84. The van der Waals surface area contributed by atoms with Crippen LogP contribution in [0.1, 0.15) is 64.5 Å². The van der Waals surface area contributed by atoms with Crippen molar-refractivity contribution in [1.82, 2.24) is 14.7 Å². The van der Waals surface area contributed by atoms with E-state index < -0.39 is 17.6 Å².